The summed E-state index contributed by atoms with van der Waals surface area (Å²) >= 11 is 1.76. The van der Waals surface area contributed by atoms with Gasteiger partial charge in [0.2, 0.25) is 5.88 Å². The first kappa shape index (κ1) is 13.1. The average molecular weight is 290 g/mol. The topological polar surface area (TPSA) is 64.4 Å². The Morgan fingerprint density at radius 1 is 1.45 bits per heavy atom. The summed E-state index contributed by atoms with van der Waals surface area (Å²) in [5.41, 5.74) is 2.90. The second kappa shape index (κ2) is 5.58. The van der Waals surface area contributed by atoms with E-state index in [1.54, 1.807) is 11.8 Å². The van der Waals surface area contributed by atoms with Crippen LogP contribution in [0.2, 0.25) is 0 Å². The van der Waals surface area contributed by atoms with E-state index >= 15 is 0 Å². The summed E-state index contributed by atoms with van der Waals surface area (Å²) in [4.78, 5) is 11.9. The molecule has 1 N–H and O–H groups in total. The number of aryl methyl sites for hydroxylation is 1. The van der Waals surface area contributed by atoms with Gasteiger partial charge in [-0.1, -0.05) is 23.4 Å². The highest BCUT2D eigenvalue weighted by atomic mass is 32.2. The number of fused-ring (bicyclic) bond motifs is 1. The van der Waals surface area contributed by atoms with E-state index in [9.17, 15) is 4.79 Å². The number of carbonyl (C=O) groups excluding carboxylic acids is 1. The molecule has 0 atom stereocenters. The molecule has 5 nitrogen and oxygen atoms in total. The highest BCUT2D eigenvalue weighted by molar-refractivity contribution is 7.98. The standard InChI is InChI=1S/C14H14N2O3S/c1-9-4-2-3-5-12(9)18-6-13(17)15-14-10-7-20-8-11(10)16-19-14/h2-5H,6-8H2,1H3,(H,15,17). The van der Waals surface area contributed by atoms with E-state index in [1.807, 2.05) is 31.2 Å². The van der Waals surface area contributed by atoms with Gasteiger partial charge in [0.05, 0.1) is 11.3 Å². The molecule has 0 unspecified atom stereocenters. The molecule has 1 aromatic carbocycles. The Morgan fingerprint density at radius 3 is 3.15 bits per heavy atom. The lowest BCUT2D eigenvalue weighted by atomic mass is 10.2. The molecule has 1 amide bonds. The predicted molar refractivity (Wildman–Crippen MR) is 76.8 cm³/mol. The molecule has 20 heavy (non-hydrogen) atoms. The molecule has 104 valence electrons. The molecule has 0 bridgehead atoms. The molecule has 6 heteroatoms. The number of hydrogen-bond acceptors (Lipinski definition) is 5. The van der Waals surface area contributed by atoms with Crippen molar-refractivity contribution in [1.29, 1.82) is 0 Å². The van der Waals surface area contributed by atoms with E-state index in [-0.39, 0.29) is 12.5 Å². The molecule has 3 rings (SSSR count). The fourth-order valence-electron chi connectivity index (χ4n) is 1.98. The van der Waals surface area contributed by atoms with Crippen LogP contribution in [-0.2, 0) is 16.3 Å². The van der Waals surface area contributed by atoms with Crippen molar-refractivity contribution in [3.8, 4) is 5.75 Å². The summed E-state index contributed by atoms with van der Waals surface area (Å²) in [5.74, 6) is 2.58. The smallest absolute Gasteiger partial charge is 0.264 e. The highest BCUT2D eigenvalue weighted by Gasteiger charge is 2.22. The van der Waals surface area contributed by atoms with Crippen molar-refractivity contribution in [2.24, 2.45) is 0 Å². The number of amides is 1. The van der Waals surface area contributed by atoms with Crippen LogP contribution in [0.5, 0.6) is 5.75 Å². The second-order valence-electron chi connectivity index (χ2n) is 4.53. The number of carbonyl (C=O) groups is 1. The largest absolute Gasteiger partial charge is 0.483 e. The van der Waals surface area contributed by atoms with Crippen LogP contribution < -0.4 is 10.1 Å². The number of thioether (sulfide) groups is 1. The maximum absolute atomic E-state index is 11.9. The van der Waals surface area contributed by atoms with Crippen LogP contribution in [0, 0.1) is 6.92 Å². The number of hydrogen-bond donors (Lipinski definition) is 1. The van der Waals surface area contributed by atoms with Crippen LogP contribution in [0.1, 0.15) is 16.8 Å². The fraction of sp³-hybridized carbons (Fsp3) is 0.286. The molecule has 0 spiro atoms. The van der Waals surface area contributed by atoms with E-state index in [4.69, 9.17) is 9.26 Å². The second-order valence-corrected chi connectivity index (χ2v) is 5.52. The third-order valence-electron chi connectivity index (χ3n) is 3.06. The van der Waals surface area contributed by atoms with Gasteiger partial charge < -0.3 is 9.26 Å². The van der Waals surface area contributed by atoms with Gasteiger partial charge >= 0.3 is 0 Å². The third-order valence-corrected chi connectivity index (χ3v) is 4.03. The monoisotopic (exact) mass is 290 g/mol. The van der Waals surface area contributed by atoms with Crippen molar-refractivity contribution in [3.63, 3.8) is 0 Å². The lowest BCUT2D eigenvalue weighted by Crippen LogP contribution is -2.20. The van der Waals surface area contributed by atoms with Crippen molar-refractivity contribution in [2.45, 2.75) is 18.4 Å². The van der Waals surface area contributed by atoms with E-state index in [0.29, 0.717) is 11.6 Å². The maximum Gasteiger partial charge on any atom is 0.264 e. The van der Waals surface area contributed by atoms with Crippen molar-refractivity contribution in [1.82, 2.24) is 5.16 Å². The van der Waals surface area contributed by atoms with Crippen LogP contribution in [-0.4, -0.2) is 17.7 Å². The molecule has 0 fully saturated rings. The number of para-hydroxylation sites is 1. The van der Waals surface area contributed by atoms with Gasteiger partial charge in [0, 0.05) is 11.5 Å². The Labute approximate surface area is 120 Å². The van der Waals surface area contributed by atoms with Crippen LogP contribution in [0.4, 0.5) is 5.88 Å². The molecule has 0 aliphatic carbocycles. The first-order valence-corrected chi connectivity index (χ1v) is 7.43. The van der Waals surface area contributed by atoms with Crippen LogP contribution in [0.25, 0.3) is 0 Å². The summed E-state index contributed by atoms with van der Waals surface area (Å²) in [5, 5.41) is 6.64. The van der Waals surface area contributed by atoms with Gasteiger partial charge in [0.1, 0.15) is 5.75 Å². The summed E-state index contributed by atoms with van der Waals surface area (Å²) < 4.78 is 10.6. The van der Waals surface area contributed by atoms with Crippen LogP contribution in [0.3, 0.4) is 0 Å². The molecular weight excluding hydrogens is 276 g/mol. The first-order chi connectivity index (χ1) is 9.74. The molecule has 0 saturated carbocycles. The minimum absolute atomic E-state index is 0.0481. The predicted octanol–water partition coefficient (Wildman–Crippen LogP) is 2.75. The third kappa shape index (κ3) is 2.65. The summed E-state index contributed by atoms with van der Waals surface area (Å²) in [6.45, 7) is 1.89. The Bertz CT molecular complexity index is 639. The molecule has 1 aliphatic rings. The SMILES string of the molecule is Cc1ccccc1OCC(=O)Nc1onc2c1CSC2. The summed E-state index contributed by atoms with van der Waals surface area (Å²) in [6, 6.07) is 7.58. The lowest BCUT2D eigenvalue weighted by Gasteiger charge is -2.08. The average Bonchev–Trinajstić information content (AvgIpc) is 3.03. The highest BCUT2D eigenvalue weighted by Crippen LogP contribution is 2.34. The van der Waals surface area contributed by atoms with E-state index in [0.717, 1.165) is 28.3 Å². The van der Waals surface area contributed by atoms with Crippen molar-refractivity contribution < 1.29 is 14.1 Å². The number of nitrogens with zero attached hydrogens (tertiary/aromatic N) is 1. The van der Waals surface area contributed by atoms with Crippen molar-refractivity contribution >= 4 is 23.6 Å². The Balaban J connectivity index is 1.59. The van der Waals surface area contributed by atoms with Crippen LogP contribution in [0.15, 0.2) is 28.8 Å². The van der Waals surface area contributed by atoms with Crippen LogP contribution >= 0.6 is 11.8 Å². The zero-order chi connectivity index (χ0) is 13.9. The summed E-state index contributed by atoms with van der Waals surface area (Å²) in [6.07, 6.45) is 0. The normalized spacial score (nSPS) is 13.1. The van der Waals surface area contributed by atoms with Crippen molar-refractivity contribution in [3.05, 3.63) is 41.1 Å². The van der Waals surface area contributed by atoms with Gasteiger partial charge in [0.25, 0.3) is 5.91 Å². The van der Waals surface area contributed by atoms with E-state index < -0.39 is 0 Å². The van der Waals surface area contributed by atoms with Gasteiger partial charge in [-0.15, -0.1) is 0 Å². The zero-order valence-electron chi connectivity index (χ0n) is 11.0. The number of anilines is 1. The molecule has 1 aliphatic heterocycles. The van der Waals surface area contributed by atoms with Crippen molar-refractivity contribution in [2.75, 3.05) is 11.9 Å². The molecule has 2 heterocycles. The van der Waals surface area contributed by atoms with E-state index in [1.165, 1.54) is 0 Å². The fourth-order valence-corrected chi connectivity index (χ4v) is 3.00. The minimum Gasteiger partial charge on any atom is -0.483 e. The van der Waals surface area contributed by atoms with Gasteiger partial charge in [-0.05, 0) is 18.6 Å². The molecular formula is C14H14N2O3S. The molecule has 1 aromatic heterocycles. The zero-order valence-corrected chi connectivity index (χ0v) is 11.8. The lowest BCUT2D eigenvalue weighted by molar-refractivity contribution is -0.118. The maximum atomic E-state index is 11.9. The van der Waals surface area contributed by atoms with Gasteiger partial charge in [-0.3, -0.25) is 10.1 Å². The number of aromatic nitrogens is 1. The molecule has 2 aromatic rings. The Kier molecular flexibility index (Phi) is 3.64. The summed E-state index contributed by atoms with van der Waals surface area (Å²) in [7, 11) is 0. The quantitative estimate of drug-likeness (QED) is 0.938. The number of ether oxygens (including phenoxy) is 1. The number of benzene rings is 1. The van der Waals surface area contributed by atoms with Gasteiger partial charge in [-0.2, -0.15) is 11.8 Å². The minimum atomic E-state index is -0.246. The first-order valence-electron chi connectivity index (χ1n) is 6.27. The van der Waals surface area contributed by atoms with Gasteiger partial charge in [0.15, 0.2) is 6.61 Å². The molecule has 0 saturated heterocycles. The number of nitrogens with one attached hydrogen (secondary N) is 1. The Morgan fingerprint density at radius 2 is 2.30 bits per heavy atom. The van der Waals surface area contributed by atoms with E-state index in [2.05, 4.69) is 10.5 Å². The van der Waals surface area contributed by atoms with Gasteiger partial charge in [-0.25, -0.2) is 0 Å². The Hall–Kier alpha value is -1.95. The number of rotatable bonds is 4. The molecule has 0 radical (unpaired) electrons.